The maximum absolute atomic E-state index is 12.2. The summed E-state index contributed by atoms with van der Waals surface area (Å²) < 4.78 is 0.856. The number of rotatable bonds is 3. The summed E-state index contributed by atoms with van der Waals surface area (Å²) in [7, 11) is 0. The number of hydrogen-bond donors (Lipinski definition) is 2. The highest BCUT2D eigenvalue weighted by molar-refractivity contribution is 9.11. The Morgan fingerprint density at radius 2 is 2.22 bits per heavy atom. The molecule has 1 atom stereocenters. The normalized spacial score (nSPS) is 23.3. The molecule has 1 fully saturated rings. The highest BCUT2D eigenvalue weighted by Gasteiger charge is 2.50. The fourth-order valence-electron chi connectivity index (χ4n) is 1.75. The van der Waals surface area contributed by atoms with Crippen molar-refractivity contribution in [2.24, 2.45) is 5.73 Å². The van der Waals surface area contributed by atoms with Crippen molar-refractivity contribution in [3.63, 3.8) is 0 Å². The summed E-state index contributed by atoms with van der Waals surface area (Å²) in [5.74, 6) is -1.20. The maximum atomic E-state index is 12.2. The highest BCUT2D eigenvalue weighted by Crippen LogP contribution is 2.35. The van der Waals surface area contributed by atoms with E-state index in [1.54, 1.807) is 19.1 Å². The van der Waals surface area contributed by atoms with Crippen molar-refractivity contribution >= 4 is 45.1 Å². The van der Waals surface area contributed by atoms with Gasteiger partial charge in [0.1, 0.15) is 6.54 Å². The van der Waals surface area contributed by atoms with E-state index < -0.39 is 29.9 Å². The molecule has 3 N–H and O–H groups in total. The summed E-state index contributed by atoms with van der Waals surface area (Å²) in [5, 5.41) is 2.58. The Labute approximate surface area is 115 Å². The number of primary amides is 1. The van der Waals surface area contributed by atoms with Crippen molar-refractivity contribution in [3.8, 4) is 0 Å². The van der Waals surface area contributed by atoms with Gasteiger partial charge in [-0.05, 0) is 35.0 Å². The Morgan fingerprint density at radius 1 is 1.56 bits per heavy atom. The number of halogens is 1. The van der Waals surface area contributed by atoms with E-state index in [1.807, 2.05) is 0 Å². The first-order valence-corrected chi connectivity index (χ1v) is 6.64. The van der Waals surface area contributed by atoms with Gasteiger partial charge >= 0.3 is 6.03 Å². The third-order valence-corrected chi connectivity index (χ3v) is 4.50. The van der Waals surface area contributed by atoms with Gasteiger partial charge in [-0.3, -0.25) is 14.5 Å². The van der Waals surface area contributed by atoms with Crippen molar-refractivity contribution in [1.29, 1.82) is 0 Å². The Morgan fingerprint density at radius 3 is 2.72 bits per heavy atom. The van der Waals surface area contributed by atoms with E-state index in [2.05, 4.69) is 21.2 Å². The molecule has 8 heteroatoms. The Kier molecular flexibility index (Phi) is 3.16. The zero-order valence-corrected chi connectivity index (χ0v) is 11.8. The summed E-state index contributed by atoms with van der Waals surface area (Å²) in [6.45, 7) is 1.19. The van der Waals surface area contributed by atoms with Crippen LogP contribution in [0.1, 0.15) is 11.8 Å². The quantitative estimate of drug-likeness (QED) is 0.801. The zero-order chi connectivity index (χ0) is 13.5. The van der Waals surface area contributed by atoms with Crippen LogP contribution in [0.25, 0.3) is 0 Å². The van der Waals surface area contributed by atoms with Crippen molar-refractivity contribution in [2.75, 3.05) is 6.54 Å². The largest absolute Gasteiger partial charge is 0.368 e. The fraction of sp³-hybridized carbons (Fsp3) is 0.300. The summed E-state index contributed by atoms with van der Waals surface area (Å²) in [5.41, 5.74) is 3.87. The van der Waals surface area contributed by atoms with E-state index in [9.17, 15) is 14.4 Å². The van der Waals surface area contributed by atoms with Gasteiger partial charge in [0, 0.05) is 4.88 Å². The predicted octanol–water partition coefficient (Wildman–Crippen LogP) is 0.763. The van der Waals surface area contributed by atoms with Gasteiger partial charge in [-0.1, -0.05) is 0 Å². The third kappa shape index (κ3) is 2.01. The molecule has 1 aliphatic rings. The number of hydrogen-bond acceptors (Lipinski definition) is 4. The molecule has 0 bridgehead atoms. The molecule has 96 valence electrons. The van der Waals surface area contributed by atoms with Crippen LogP contribution >= 0.6 is 27.3 Å². The smallest absolute Gasteiger partial charge is 0.325 e. The first-order valence-electron chi connectivity index (χ1n) is 5.03. The van der Waals surface area contributed by atoms with Crippen LogP contribution in [0.3, 0.4) is 0 Å². The summed E-state index contributed by atoms with van der Waals surface area (Å²) >= 11 is 4.65. The van der Waals surface area contributed by atoms with E-state index in [0.29, 0.717) is 4.88 Å². The standard InChI is InChI=1S/C10H10BrN3O3S/c1-10(5-2-3-6(11)18-5)8(16)14(4-7(12)15)9(17)13-10/h2-3H,4H2,1H3,(H2,12,15)(H,13,17). The molecule has 1 unspecified atom stereocenters. The number of nitrogens with zero attached hydrogens (tertiary/aromatic N) is 1. The number of carbonyl (C=O) groups excluding carboxylic acids is 3. The van der Waals surface area contributed by atoms with Crippen LogP contribution in [0.5, 0.6) is 0 Å². The SMILES string of the molecule is CC1(c2ccc(Br)s2)NC(=O)N(CC(N)=O)C1=O. The van der Waals surface area contributed by atoms with Crippen molar-refractivity contribution in [2.45, 2.75) is 12.5 Å². The van der Waals surface area contributed by atoms with Crippen LogP contribution in [0.2, 0.25) is 0 Å². The number of imide groups is 1. The number of carbonyl (C=O) groups is 3. The second-order valence-electron chi connectivity index (χ2n) is 4.02. The van der Waals surface area contributed by atoms with E-state index in [0.717, 1.165) is 8.69 Å². The highest BCUT2D eigenvalue weighted by atomic mass is 79.9. The van der Waals surface area contributed by atoms with E-state index in [1.165, 1.54) is 11.3 Å². The van der Waals surface area contributed by atoms with E-state index >= 15 is 0 Å². The molecule has 0 spiro atoms. The second-order valence-corrected chi connectivity index (χ2v) is 6.48. The molecule has 2 heterocycles. The van der Waals surface area contributed by atoms with Crippen LogP contribution < -0.4 is 11.1 Å². The van der Waals surface area contributed by atoms with Gasteiger partial charge in [0.05, 0.1) is 3.79 Å². The molecule has 2 rings (SSSR count). The molecule has 1 aromatic heterocycles. The summed E-state index contributed by atoms with van der Waals surface area (Å²) in [6.07, 6.45) is 0. The molecule has 0 radical (unpaired) electrons. The maximum Gasteiger partial charge on any atom is 0.325 e. The van der Waals surface area contributed by atoms with Crippen molar-refractivity contribution in [3.05, 3.63) is 20.8 Å². The van der Waals surface area contributed by atoms with Gasteiger partial charge < -0.3 is 11.1 Å². The average molecular weight is 332 g/mol. The lowest BCUT2D eigenvalue weighted by Gasteiger charge is -2.19. The molecular weight excluding hydrogens is 322 g/mol. The molecule has 4 amide bonds. The molecule has 1 aliphatic heterocycles. The van der Waals surface area contributed by atoms with Gasteiger partial charge in [-0.25, -0.2) is 4.79 Å². The Bertz CT molecular complexity index is 544. The van der Waals surface area contributed by atoms with Gasteiger partial charge in [0.2, 0.25) is 5.91 Å². The number of urea groups is 1. The molecule has 0 saturated carbocycles. The lowest BCUT2D eigenvalue weighted by molar-refractivity contribution is -0.134. The molecule has 1 aromatic rings. The molecule has 1 saturated heterocycles. The summed E-state index contributed by atoms with van der Waals surface area (Å²) in [4.78, 5) is 36.3. The number of nitrogens with two attached hydrogens (primary N) is 1. The Hall–Kier alpha value is -1.41. The number of thiophene rings is 1. The third-order valence-electron chi connectivity index (χ3n) is 2.65. The first kappa shape index (κ1) is 13.0. The minimum Gasteiger partial charge on any atom is -0.368 e. The van der Waals surface area contributed by atoms with Crippen molar-refractivity contribution < 1.29 is 14.4 Å². The number of nitrogens with one attached hydrogen (secondary N) is 1. The molecule has 6 nitrogen and oxygen atoms in total. The van der Waals surface area contributed by atoms with Crippen LogP contribution in [0.4, 0.5) is 4.79 Å². The molecule has 18 heavy (non-hydrogen) atoms. The molecule has 0 aromatic carbocycles. The minimum atomic E-state index is -1.14. The van der Waals surface area contributed by atoms with Crippen LogP contribution in [-0.4, -0.2) is 29.3 Å². The lowest BCUT2D eigenvalue weighted by Crippen LogP contribution is -2.41. The van der Waals surface area contributed by atoms with E-state index in [4.69, 9.17) is 5.73 Å². The topological polar surface area (TPSA) is 92.5 Å². The van der Waals surface area contributed by atoms with Gasteiger partial charge in [-0.15, -0.1) is 11.3 Å². The second kappa shape index (κ2) is 4.36. The van der Waals surface area contributed by atoms with Gasteiger partial charge in [-0.2, -0.15) is 0 Å². The van der Waals surface area contributed by atoms with Crippen LogP contribution in [0.15, 0.2) is 15.9 Å². The van der Waals surface area contributed by atoms with Crippen molar-refractivity contribution in [1.82, 2.24) is 10.2 Å². The monoisotopic (exact) mass is 331 g/mol. The average Bonchev–Trinajstić information content (AvgIpc) is 2.78. The summed E-state index contributed by atoms with van der Waals surface area (Å²) in [6, 6.07) is 2.94. The first-order chi connectivity index (χ1) is 8.34. The van der Waals surface area contributed by atoms with Gasteiger partial charge in [0.25, 0.3) is 5.91 Å². The lowest BCUT2D eigenvalue weighted by atomic mass is 10.0. The van der Waals surface area contributed by atoms with Gasteiger partial charge in [0.15, 0.2) is 5.54 Å². The zero-order valence-electron chi connectivity index (χ0n) is 9.40. The number of amides is 4. The minimum absolute atomic E-state index is 0.410. The van der Waals surface area contributed by atoms with E-state index in [-0.39, 0.29) is 0 Å². The predicted molar refractivity (Wildman–Crippen MR) is 68.8 cm³/mol. The van der Waals surface area contributed by atoms with Crippen LogP contribution in [0, 0.1) is 0 Å². The Balaban J connectivity index is 2.34. The van der Waals surface area contributed by atoms with Crippen LogP contribution in [-0.2, 0) is 15.1 Å². The molecule has 0 aliphatic carbocycles. The fourth-order valence-corrected chi connectivity index (χ4v) is 3.23. The molecular formula is C10H10BrN3O3S.